The van der Waals surface area contributed by atoms with Gasteiger partial charge in [-0.2, -0.15) is 0 Å². The highest BCUT2D eigenvalue weighted by Crippen LogP contribution is 2.24. The Morgan fingerprint density at radius 1 is 0.684 bits per heavy atom. The van der Waals surface area contributed by atoms with Gasteiger partial charge in [-0.05, 0) is 75.3 Å². The molecule has 26 nitrogen and oxygen atoms in total. The van der Waals surface area contributed by atoms with Crippen LogP contribution in [0.4, 0.5) is 9.59 Å². The zero-order valence-electron chi connectivity index (χ0n) is 42.7. The highest BCUT2D eigenvalue weighted by atomic mass is 16.4. The molecule has 2 aromatic carbocycles. The first-order chi connectivity index (χ1) is 36.4. The number of urea groups is 2. The minimum absolute atomic E-state index is 0.0303. The molecule has 6 atom stereocenters. The van der Waals surface area contributed by atoms with Crippen LogP contribution in [0.25, 0.3) is 0 Å². The number of aliphatic carboxylic acids is 1. The molecule has 0 aromatic heterocycles. The van der Waals surface area contributed by atoms with Gasteiger partial charge in [0, 0.05) is 52.2 Å². The summed E-state index contributed by atoms with van der Waals surface area (Å²) in [5.74, 6) is -6.23. The zero-order valence-corrected chi connectivity index (χ0v) is 42.7. The number of hydrazine groups is 1. The minimum Gasteiger partial charge on any atom is -0.481 e. The van der Waals surface area contributed by atoms with E-state index in [9.17, 15) is 53.4 Å². The summed E-state index contributed by atoms with van der Waals surface area (Å²) in [7, 11) is 0. The van der Waals surface area contributed by atoms with Crippen LogP contribution in [-0.4, -0.2) is 189 Å². The van der Waals surface area contributed by atoms with Crippen molar-refractivity contribution in [3.63, 3.8) is 0 Å². The number of amides is 8. The predicted octanol–water partition coefficient (Wildman–Crippen LogP) is -1.91. The maximum absolute atomic E-state index is 14.2. The van der Waals surface area contributed by atoms with Gasteiger partial charge in [0.05, 0.1) is 37.7 Å². The number of Topliss-reactive ketones (excluding diaryl/α,β-unsaturated/α-hetero) is 2. The number of guanidine groups is 2. The van der Waals surface area contributed by atoms with Gasteiger partial charge < -0.3 is 69.5 Å². The van der Waals surface area contributed by atoms with Crippen LogP contribution in [0, 0.1) is 5.92 Å². The van der Waals surface area contributed by atoms with E-state index in [2.05, 4.69) is 25.9 Å². The molecule has 76 heavy (non-hydrogen) atoms. The molecule has 5 rings (SSSR count). The van der Waals surface area contributed by atoms with E-state index in [0.717, 1.165) is 4.90 Å². The van der Waals surface area contributed by atoms with E-state index in [4.69, 9.17) is 28.7 Å². The van der Waals surface area contributed by atoms with Crippen molar-refractivity contribution in [1.82, 2.24) is 40.7 Å². The van der Waals surface area contributed by atoms with Gasteiger partial charge in [0.15, 0.2) is 23.5 Å². The summed E-state index contributed by atoms with van der Waals surface area (Å²) in [4.78, 5) is 134. The molecule has 0 saturated carbocycles. The number of carboxylic acids is 1. The van der Waals surface area contributed by atoms with Crippen molar-refractivity contribution in [2.24, 2.45) is 44.6 Å². The standard InChI is InChI=1S/C50H73N15O11/c51-36(17-8-21-57-48(54)55)44(71)64-24-11-25-65(64)50(76)63-23-10-18-39(63)42(69)58-28-35(67)30-61(29-33-14-5-2-6-15-33)49(75)60-38(31-66)45(72)62-22-9-19-40(62)43(70)59-37(26-32-12-3-1-4-13-32)41(68)27-34(46(73)74)16-7-20-56-47(52)53/h1-6,12-15,34,36-40,66H,7-11,16-31,51H2,(H,58,69)(H,59,70)(H,60,75)(H,73,74)(H4,52,53,56)(H4,54,55,57)/t34-,36-,37-,38-,39-,40-/m0/s1. The highest BCUT2D eigenvalue weighted by molar-refractivity contribution is 5.97. The second-order valence-corrected chi connectivity index (χ2v) is 19.0. The van der Waals surface area contributed by atoms with Gasteiger partial charge in [0.2, 0.25) is 17.7 Å². The topological polar surface area (TPSA) is 401 Å². The number of aliphatic imine (C=N–C) groups is 2. The van der Waals surface area contributed by atoms with E-state index in [1.165, 1.54) is 19.8 Å². The van der Waals surface area contributed by atoms with Gasteiger partial charge in [0.25, 0.3) is 5.91 Å². The Kier molecular flexibility index (Phi) is 22.7. The van der Waals surface area contributed by atoms with Crippen molar-refractivity contribution in [3.8, 4) is 0 Å². The van der Waals surface area contributed by atoms with Crippen molar-refractivity contribution < 1.29 is 53.4 Å². The molecule has 0 radical (unpaired) electrons. The Morgan fingerprint density at radius 3 is 1.87 bits per heavy atom. The fourth-order valence-corrected chi connectivity index (χ4v) is 9.40. The van der Waals surface area contributed by atoms with Crippen molar-refractivity contribution in [3.05, 3.63) is 71.8 Å². The largest absolute Gasteiger partial charge is 0.481 e. The number of hydrogen-bond donors (Lipinski definition) is 10. The molecule has 3 aliphatic heterocycles. The average molecular weight is 1060 g/mol. The summed E-state index contributed by atoms with van der Waals surface area (Å²) >= 11 is 0. The molecule has 26 heteroatoms. The summed E-state index contributed by atoms with van der Waals surface area (Å²) < 4.78 is 0. The summed E-state index contributed by atoms with van der Waals surface area (Å²) in [6.45, 7) is -0.881. The second kappa shape index (κ2) is 29.3. The van der Waals surface area contributed by atoms with Gasteiger partial charge in [-0.3, -0.25) is 43.5 Å². The van der Waals surface area contributed by atoms with Crippen LogP contribution in [0.2, 0.25) is 0 Å². The number of nitrogens with one attached hydrogen (secondary N) is 3. The summed E-state index contributed by atoms with van der Waals surface area (Å²) in [6.07, 6.45) is 2.54. The lowest BCUT2D eigenvalue weighted by atomic mass is 9.91. The first-order valence-electron chi connectivity index (χ1n) is 25.5. The smallest absolute Gasteiger partial charge is 0.339 e. The van der Waals surface area contributed by atoms with Crippen molar-refractivity contribution >= 4 is 65.1 Å². The highest BCUT2D eigenvalue weighted by Gasteiger charge is 2.42. The average Bonchev–Trinajstić information content (AvgIpc) is 4.22. The molecular weight excluding hydrogens is 987 g/mol. The molecule has 0 spiro atoms. The number of aliphatic hydroxyl groups is 1. The number of carbonyl (C=O) groups is 9. The lowest BCUT2D eigenvalue weighted by Crippen LogP contribution is -2.58. The molecule has 3 fully saturated rings. The Morgan fingerprint density at radius 2 is 1.26 bits per heavy atom. The quantitative estimate of drug-likeness (QED) is 0.0265. The molecule has 15 N–H and O–H groups in total. The van der Waals surface area contributed by atoms with E-state index in [-0.39, 0.29) is 89.8 Å². The Balaban J connectivity index is 1.21. The van der Waals surface area contributed by atoms with Crippen LogP contribution >= 0.6 is 0 Å². The molecule has 0 bridgehead atoms. The summed E-state index contributed by atoms with van der Waals surface area (Å²) in [6, 6.07) is 10.2. The number of aliphatic hydroxyl groups excluding tert-OH is 1. The third-order valence-corrected chi connectivity index (χ3v) is 13.3. The number of rotatable bonds is 27. The number of nitrogens with zero attached hydrogens (tertiary/aromatic N) is 7. The molecule has 2 aromatic rings. The van der Waals surface area contributed by atoms with Gasteiger partial charge in [-0.25, -0.2) is 19.6 Å². The Labute approximate surface area is 440 Å². The van der Waals surface area contributed by atoms with Crippen LogP contribution in [0.1, 0.15) is 75.3 Å². The number of ketones is 2. The van der Waals surface area contributed by atoms with Crippen molar-refractivity contribution in [1.29, 1.82) is 0 Å². The monoisotopic (exact) mass is 1060 g/mol. The summed E-state index contributed by atoms with van der Waals surface area (Å²) in [5.41, 5.74) is 29.0. The molecule has 414 valence electrons. The Hall–Kier alpha value is -7.87. The lowest BCUT2D eigenvalue weighted by Gasteiger charge is -2.34. The number of carboxylic acid groups (broad SMARTS) is 1. The van der Waals surface area contributed by atoms with Gasteiger partial charge in [0.1, 0.15) is 18.1 Å². The number of carbonyl (C=O) groups excluding carboxylic acids is 8. The van der Waals surface area contributed by atoms with Gasteiger partial charge in [-0.1, -0.05) is 60.7 Å². The van der Waals surface area contributed by atoms with Crippen LogP contribution in [-0.2, 0) is 46.5 Å². The third kappa shape index (κ3) is 17.4. The summed E-state index contributed by atoms with van der Waals surface area (Å²) in [5, 5.41) is 30.9. The first-order valence-corrected chi connectivity index (χ1v) is 25.5. The third-order valence-electron chi connectivity index (χ3n) is 13.3. The maximum Gasteiger partial charge on any atom is 0.339 e. The number of benzene rings is 2. The lowest BCUT2D eigenvalue weighted by molar-refractivity contribution is -0.145. The van der Waals surface area contributed by atoms with Gasteiger partial charge >= 0.3 is 18.0 Å². The van der Waals surface area contributed by atoms with E-state index in [1.54, 1.807) is 60.7 Å². The molecule has 3 heterocycles. The number of hydrogen-bond acceptors (Lipinski definition) is 13. The van der Waals surface area contributed by atoms with Crippen LogP contribution in [0.5, 0.6) is 0 Å². The van der Waals surface area contributed by atoms with Crippen LogP contribution < -0.4 is 44.6 Å². The molecule has 8 amide bonds. The maximum atomic E-state index is 14.2. The molecule has 3 saturated heterocycles. The number of likely N-dealkylation sites (tertiary alicyclic amines) is 2. The molecular formula is C50H73N15O11. The number of nitrogens with two attached hydrogens (primary N) is 5. The van der Waals surface area contributed by atoms with E-state index < -0.39 is 115 Å². The molecule has 3 aliphatic rings. The zero-order chi connectivity index (χ0) is 55.3. The Bertz CT molecular complexity index is 2400. The first kappa shape index (κ1) is 59.0. The van der Waals surface area contributed by atoms with Crippen molar-refractivity contribution in [2.45, 2.75) is 107 Å². The molecule has 0 aliphatic carbocycles. The fraction of sp³-hybridized carbons (Fsp3) is 0.540. The predicted molar refractivity (Wildman–Crippen MR) is 278 cm³/mol. The van der Waals surface area contributed by atoms with Crippen molar-refractivity contribution in [2.75, 3.05) is 59.0 Å². The van der Waals surface area contributed by atoms with Gasteiger partial charge in [-0.15, -0.1) is 0 Å². The van der Waals surface area contributed by atoms with E-state index in [1.807, 2.05) is 0 Å². The minimum atomic E-state index is -1.58. The molecule has 0 unspecified atom stereocenters. The van der Waals surface area contributed by atoms with E-state index >= 15 is 0 Å². The van der Waals surface area contributed by atoms with Crippen LogP contribution in [0.15, 0.2) is 70.6 Å². The SMILES string of the molecule is NC(N)=NCCC[C@@H](CC(=O)[C@H](Cc1ccccc1)NC(=O)[C@@H]1CCCN1C(=O)[C@H](CO)NC(=O)N(CC(=O)CNC(=O)[C@@H]1CCCN1C(=O)N1CCCN1C(=O)[C@@H](N)CCCN=C(N)N)Cc1ccccc1)C(=O)O. The van der Waals surface area contributed by atoms with E-state index in [0.29, 0.717) is 43.2 Å². The normalized spacial score (nSPS) is 17.7. The fourth-order valence-electron chi connectivity index (χ4n) is 9.40. The second-order valence-electron chi connectivity index (χ2n) is 19.0. The van der Waals surface area contributed by atoms with Crippen LogP contribution in [0.3, 0.4) is 0 Å².